The van der Waals surface area contributed by atoms with Crippen molar-refractivity contribution in [3.63, 3.8) is 0 Å². The highest BCUT2D eigenvalue weighted by atomic mass is 16.6. The third-order valence-electron chi connectivity index (χ3n) is 3.37. The van der Waals surface area contributed by atoms with Crippen LogP contribution in [0.4, 0.5) is 10.5 Å². The second-order valence-corrected chi connectivity index (χ2v) is 6.49. The Morgan fingerprint density at radius 2 is 1.95 bits per heavy atom. The third kappa shape index (κ3) is 2.91. The summed E-state index contributed by atoms with van der Waals surface area (Å²) in [7, 11) is 0. The molecule has 1 atom stereocenters. The fourth-order valence-electron chi connectivity index (χ4n) is 2.49. The van der Waals surface area contributed by atoms with Crippen LogP contribution in [0.5, 0.6) is 0 Å². The Labute approximate surface area is 115 Å². The minimum Gasteiger partial charge on any atom is -0.443 e. The minimum atomic E-state index is -0.462. The van der Waals surface area contributed by atoms with Gasteiger partial charge in [0.15, 0.2) is 0 Å². The number of nitrogens with zero attached hydrogens (tertiary/aromatic N) is 1. The Morgan fingerprint density at radius 1 is 1.32 bits per heavy atom. The van der Waals surface area contributed by atoms with Gasteiger partial charge in [-0.15, -0.1) is 0 Å². The number of amides is 1. The summed E-state index contributed by atoms with van der Waals surface area (Å²) in [5, 5.41) is 0. The van der Waals surface area contributed by atoms with Crippen LogP contribution in [0.3, 0.4) is 0 Å². The van der Waals surface area contributed by atoms with Crippen molar-refractivity contribution in [3.05, 3.63) is 29.8 Å². The first kappa shape index (κ1) is 13.9. The molecule has 0 radical (unpaired) electrons. The van der Waals surface area contributed by atoms with E-state index in [0.717, 1.165) is 12.1 Å². The van der Waals surface area contributed by atoms with Crippen LogP contribution in [0.15, 0.2) is 24.3 Å². The molecule has 2 rings (SSSR count). The highest BCUT2D eigenvalue weighted by molar-refractivity contribution is 5.91. The Balaban J connectivity index is 2.31. The van der Waals surface area contributed by atoms with Gasteiger partial charge < -0.3 is 4.74 Å². The van der Waals surface area contributed by atoms with E-state index in [2.05, 4.69) is 19.9 Å². The maximum Gasteiger partial charge on any atom is 0.415 e. The van der Waals surface area contributed by atoms with Gasteiger partial charge in [-0.05, 0) is 44.7 Å². The average Bonchev–Trinajstić information content (AvgIpc) is 2.65. The second kappa shape index (κ2) is 4.87. The number of hydrogen-bond acceptors (Lipinski definition) is 2. The predicted octanol–water partition coefficient (Wildman–Crippen LogP) is 4.01. The number of carbonyl (C=O) groups excluding carboxylic acids is 1. The minimum absolute atomic E-state index is 0.187. The summed E-state index contributed by atoms with van der Waals surface area (Å²) in [5.41, 5.74) is 1.76. The van der Waals surface area contributed by atoms with Crippen molar-refractivity contribution in [1.82, 2.24) is 0 Å². The molecule has 0 bridgehead atoms. The first-order valence-electron chi connectivity index (χ1n) is 6.89. The lowest BCUT2D eigenvalue weighted by Crippen LogP contribution is -2.43. The summed E-state index contributed by atoms with van der Waals surface area (Å²) < 4.78 is 5.55. The number of para-hydroxylation sites is 1. The van der Waals surface area contributed by atoms with Crippen molar-refractivity contribution < 1.29 is 9.53 Å². The average molecular weight is 261 g/mol. The lowest BCUT2D eigenvalue weighted by atomic mass is 10.0. The summed E-state index contributed by atoms with van der Waals surface area (Å²) in [5.74, 6) is 0.403. The Kier molecular flexibility index (Phi) is 3.57. The fraction of sp³-hybridized carbons (Fsp3) is 0.562. The molecule has 1 aromatic carbocycles. The number of fused-ring (bicyclic) bond motifs is 1. The Hall–Kier alpha value is -1.51. The Morgan fingerprint density at radius 3 is 2.53 bits per heavy atom. The van der Waals surface area contributed by atoms with Crippen molar-refractivity contribution in [3.8, 4) is 0 Å². The van der Waals surface area contributed by atoms with Gasteiger partial charge in [-0.25, -0.2) is 4.79 Å². The molecule has 3 nitrogen and oxygen atoms in total. The van der Waals surface area contributed by atoms with E-state index in [1.165, 1.54) is 5.56 Å². The molecule has 0 N–H and O–H groups in total. The fourth-order valence-corrected chi connectivity index (χ4v) is 2.49. The first-order valence-corrected chi connectivity index (χ1v) is 6.89. The number of carbonyl (C=O) groups is 1. The number of ether oxygens (including phenoxy) is 1. The SMILES string of the molecule is CC(C)[C@@H]1Cc2ccccc2N1C(=O)OC(C)(C)C. The van der Waals surface area contributed by atoms with Crippen molar-refractivity contribution in [2.75, 3.05) is 4.90 Å². The smallest absolute Gasteiger partial charge is 0.415 e. The highest BCUT2D eigenvalue weighted by Crippen LogP contribution is 2.36. The van der Waals surface area contributed by atoms with E-state index in [1.807, 2.05) is 43.9 Å². The molecular formula is C16H23NO2. The summed E-state index contributed by atoms with van der Waals surface area (Å²) >= 11 is 0. The van der Waals surface area contributed by atoms with Crippen molar-refractivity contribution in [2.45, 2.75) is 52.7 Å². The van der Waals surface area contributed by atoms with Gasteiger partial charge in [-0.1, -0.05) is 32.0 Å². The molecule has 0 unspecified atom stereocenters. The molecule has 0 saturated carbocycles. The molecule has 1 heterocycles. The number of benzene rings is 1. The lowest BCUT2D eigenvalue weighted by Gasteiger charge is -2.31. The van der Waals surface area contributed by atoms with E-state index in [0.29, 0.717) is 5.92 Å². The zero-order valence-electron chi connectivity index (χ0n) is 12.4. The number of rotatable bonds is 1. The second-order valence-electron chi connectivity index (χ2n) is 6.49. The van der Waals surface area contributed by atoms with Crippen LogP contribution in [0.2, 0.25) is 0 Å². The molecule has 19 heavy (non-hydrogen) atoms. The number of anilines is 1. The lowest BCUT2D eigenvalue weighted by molar-refractivity contribution is 0.0562. The summed E-state index contributed by atoms with van der Waals surface area (Å²) in [4.78, 5) is 14.3. The summed E-state index contributed by atoms with van der Waals surface area (Å²) in [6.45, 7) is 9.99. The van der Waals surface area contributed by atoms with Crippen LogP contribution < -0.4 is 4.90 Å². The standard InChI is InChI=1S/C16H23NO2/c1-11(2)14-10-12-8-6-7-9-13(12)17(14)15(18)19-16(3,4)5/h6-9,11,14H,10H2,1-5H3/t14-/m0/s1. The van der Waals surface area contributed by atoms with E-state index < -0.39 is 5.60 Å². The Bertz CT molecular complexity index is 474. The van der Waals surface area contributed by atoms with Crippen molar-refractivity contribution in [1.29, 1.82) is 0 Å². The van der Waals surface area contributed by atoms with Gasteiger partial charge >= 0.3 is 6.09 Å². The molecule has 0 aromatic heterocycles. The normalized spacial score (nSPS) is 18.6. The summed E-state index contributed by atoms with van der Waals surface area (Å²) in [6, 6.07) is 8.28. The third-order valence-corrected chi connectivity index (χ3v) is 3.37. The predicted molar refractivity (Wildman–Crippen MR) is 77.5 cm³/mol. The summed E-state index contributed by atoms with van der Waals surface area (Å²) in [6.07, 6.45) is 0.670. The van der Waals surface area contributed by atoms with E-state index in [1.54, 1.807) is 0 Å². The van der Waals surface area contributed by atoms with Crippen LogP contribution in [0.25, 0.3) is 0 Å². The zero-order valence-corrected chi connectivity index (χ0v) is 12.4. The molecule has 0 fully saturated rings. The van der Waals surface area contributed by atoms with Crippen molar-refractivity contribution >= 4 is 11.8 Å². The van der Waals surface area contributed by atoms with Gasteiger partial charge in [0.1, 0.15) is 5.60 Å². The van der Waals surface area contributed by atoms with Gasteiger partial charge in [0.2, 0.25) is 0 Å². The molecule has 0 saturated heterocycles. The maximum absolute atomic E-state index is 12.4. The topological polar surface area (TPSA) is 29.5 Å². The van der Waals surface area contributed by atoms with E-state index in [9.17, 15) is 4.79 Å². The van der Waals surface area contributed by atoms with Crippen molar-refractivity contribution in [2.24, 2.45) is 5.92 Å². The van der Waals surface area contributed by atoms with Crippen LogP contribution in [0.1, 0.15) is 40.2 Å². The molecule has 104 valence electrons. The first-order chi connectivity index (χ1) is 8.79. The van der Waals surface area contributed by atoms with Gasteiger partial charge in [-0.2, -0.15) is 0 Å². The van der Waals surface area contributed by atoms with E-state index in [-0.39, 0.29) is 12.1 Å². The van der Waals surface area contributed by atoms with Crippen LogP contribution in [-0.2, 0) is 11.2 Å². The molecule has 1 aromatic rings. The van der Waals surface area contributed by atoms with E-state index >= 15 is 0 Å². The molecule has 1 amide bonds. The van der Waals surface area contributed by atoms with Gasteiger partial charge in [-0.3, -0.25) is 4.90 Å². The van der Waals surface area contributed by atoms with Crippen LogP contribution in [-0.4, -0.2) is 17.7 Å². The largest absolute Gasteiger partial charge is 0.443 e. The van der Waals surface area contributed by atoms with Crippen LogP contribution in [0, 0.1) is 5.92 Å². The van der Waals surface area contributed by atoms with Gasteiger partial charge in [0, 0.05) is 6.04 Å². The maximum atomic E-state index is 12.4. The molecule has 1 aliphatic rings. The molecule has 1 aliphatic heterocycles. The zero-order chi connectivity index (χ0) is 14.2. The molecule has 3 heteroatoms. The molecule has 0 aliphatic carbocycles. The highest BCUT2D eigenvalue weighted by Gasteiger charge is 2.37. The van der Waals surface area contributed by atoms with E-state index in [4.69, 9.17) is 4.74 Å². The molecule has 0 spiro atoms. The van der Waals surface area contributed by atoms with Gasteiger partial charge in [0.05, 0.1) is 5.69 Å². The van der Waals surface area contributed by atoms with Gasteiger partial charge in [0.25, 0.3) is 0 Å². The monoisotopic (exact) mass is 261 g/mol. The van der Waals surface area contributed by atoms with Crippen LogP contribution >= 0.6 is 0 Å². The quantitative estimate of drug-likeness (QED) is 0.764. The number of hydrogen-bond donors (Lipinski definition) is 0. The molecular weight excluding hydrogens is 238 g/mol.